The number of amides is 1. The fraction of sp³-hybridized carbons (Fsp3) is 0.389. The molecule has 28 heavy (non-hydrogen) atoms. The van der Waals surface area contributed by atoms with Crippen molar-refractivity contribution in [1.82, 2.24) is 9.62 Å². The smallest absolute Gasteiger partial charge is 0.253 e. The van der Waals surface area contributed by atoms with Gasteiger partial charge in [0.2, 0.25) is 5.91 Å². The Kier molecular flexibility index (Phi) is 7.38. The Balaban J connectivity index is 1.50. The van der Waals surface area contributed by atoms with Gasteiger partial charge in [-0.05, 0) is 36.6 Å². The summed E-state index contributed by atoms with van der Waals surface area (Å²) in [6, 6.07) is 8.90. The van der Waals surface area contributed by atoms with Gasteiger partial charge in [-0.3, -0.25) is 4.79 Å². The molecule has 1 aliphatic heterocycles. The molecule has 1 N–H and O–H groups in total. The van der Waals surface area contributed by atoms with E-state index in [2.05, 4.69) is 5.32 Å². The summed E-state index contributed by atoms with van der Waals surface area (Å²) >= 11 is 8.36. The molecule has 0 spiro atoms. The zero-order valence-corrected chi connectivity index (χ0v) is 18.1. The fourth-order valence-electron chi connectivity index (χ4n) is 3.00. The van der Waals surface area contributed by atoms with Gasteiger partial charge in [-0.1, -0.05) is 29.8 Å². The second-order valence-electron chi connectivity index (χ2n) is 6.27. The number of nitrogens with one attached hydrogen (secondary N) is 1. The van der Waals surface area contributed by atoms with Crippen molar-refractivity contribution >= 4 is 50.6 Å². The number of hydrogen-bond donors (Lipinski definition) is 1. The van der Waals surface area contributed by atoms with Crippen LogP contribution >= 0.6 is 34.7 Å². The minimum Gasteiger partial charge on any atom is -0.354 e. The third kappa shape index (κ3) is 5.07. The first-order valence-electron chi connectivity index (χ1n) is 8.75. The number of carbonyl (C=O) groups excluding carboxylic acids is 1. The van der Waals surface area contributed by atoms with Crippen molar-refractivity contribution in [2.75, 3.05) is 18.8 Å². The van der Waals surface area contributed by atoms with Crippen molar-refractivity contribution < 1.29 is 17.6 Å². The molecule has 1 aliphatic rings. The van der Waals surface area contributed by atoms with Crippen LogP contribution in [0.5, 0.6) is 0 Å². The molecule has 1 aromatic carbocycles. The molecule has 1 atom stereocenters. The molecule has 0 unspecified atom stereocenters. The Morgan fingerprint density at radius 1 is 1.32 bits per heavy atom. The average Bonchev–Trinajstić information content (AvgIpc) is 3.32. The minimum absolute atomic E-state index is 0.151. The van der Waals surface area contributed by atoms with Gasteiger partial charge in [-0.15, -0.1) is 11.3 Å². The number of carbonyl (C=O) groups is 1. The molecule has 0 saturated carbocycles. The van der Waals surface area contributed by atoms with E-state index in [0.29, 0.717) is 47.3 Å². The second kappa shape index (κ2) is 9.58. The van der Waals surface area contributed by atoms with Gasteiger partial charge in [-0.2, -0.15) is 16.1 Å². The number of thiophene rings is 1. The number of benzene rings is 1. The van der Waals surface area contributed by atoms with E-state index in [9.17, 15) is 17.6 Å². The Bertz CT molecular complexity index is 936. The van der Waals surface area contributed by atoms with E-state index >= 15 is 0 Å². The molecule has 1 aromatic heterocycles. The van der Waals surface area contributed by atoms with Gasteiger partial charge in [0.1, 0.15) is 16.1 Å². The van der Waals surface area contributed by atoms with Gasteiger partial charge in [-0.25, -0.2) is 12.8 Å². The third-order valence-corrected chi connectivity index (χ3v) is 8.99. The number of hydrogen-bond acceptors (Lipinski definition) is 5. The molecule has 0 aliphatic carbocycles. The normalized spacial score (nSPS) is 17.7. The summed E-state index contributed by atoms with van der Waals surface area (Å²) in [4.78, 5) is 12.5. The lowest BCUT2D eigenvalue weighted by molar-refractivity contribution is -0.124. The van der Waals surface area contributed by atoms with Crippen molar-refractivity contribution in [2.24, 2.45) is 0 Å². The lowest BCUT2D eigenvalue weighted by Crippen LogP contribution is -2.46. The Labute approximate surface area is 177 Å². The van der Waals surface area contributed by atoms with Crippen LogP contribution in [0.15, 0.2) is 40.6 Å². The number of nitrogens with zero attached hydrogens (tertiary/aromatic N) is 1. The molecule has 1 saturated heterocycles. The van der Waals surface area contributed by atoms with Crippen molar-refractivity contribution in [3.8, 4) is 0 Å². The molecule has 2 heterocycles. The highest BCUT2D eigenvalue weighted by molar-refractivity contribution is 7.98. The highest BCUT2D eigenvalue weighted by Gasteiger charge is 2.39. The van der Waals surface area contributed by atoms with Crippen LogP contribution in [0.4, 0.5) is 4.39 Å². The van der Waals surface area contributed by atoms with E-state index in [4.69, 9.17) is 11.6 Å². The molecule has 3 rings (SSSR count). The first kappa shape index (κ1) is 21.6. The predicted molar refractivity (Wildman–Crippen MR) is 112 cm³/mol. The number of sulfonamides is 1. The van der Waals surface area contributed by atoms with E-state index in [1.54, 1.807) is 18.2 Å². The van der Waals surface area contributed by atoms with Crippen LogP contribution in [0.25, 0.3) is 0 Å². The molecule has 1 amide bonds. The van der Waals surface area contributed by atoms with Crippen LogP contribution in [-0.4, -0.2) is 43.5 Å². The fourth-order valence-corrected chi connectivity index (χ4v) is 7.12. The van der Waals surface area contributed by atoms with E-state index in [1.165, 1.54) is 34.3 Å². The third-order valence-electron chi connectivity index (χ3n) is 4.38. The van der Waals surface area contributed by atoms with E-state index in [0.717, 1.165) is 11.3 Å². The second-order valence-corrected chi connectivity index (χ2v) is 11.2. The molecular weight excluding hydrogens is 443 g/mol. The minimum atomic E-state index is -3.73. The topological polar surface area (TPSA) is 66.5 Å². The molecule has 5 nitrogen and oxygen atoms in total. The largest absolute Gasteiger partial charge is 0.354 e. The quantitative estimate of drug-likeness (QED) is 0.607. The summed E-state index contributed by atoms with van der Waals surface area (Å²) in [5.41, 5.74) is 0.626. The zero-order valence-electron chi connectivity index (χ0n) is 14.9. The maximum Gasteiger partial charge on any atom is 0.253 e. The highest BCUT2D eigenvalue weighted by Crippen LogP contribution is 2.32. The Morgan fingerprint density at radius 3 is 2.82 bits per heavy atom. The lowest BCUT2D eigenvalue weighted by atomic mass is 10.2. The number of halogens is 2. The molecule has 0 radical (unpaired) electrons. The summed E-state index contributed by atoms with van der Waals surface area (Å²) in [5.74, 6) is 0.598. The van der Waals surface area contributed by atoms with E-state index in [1.807, 2.05) is 0 Å². The van der Waals surface area contributed by atoms with Crippen molar-refractivity contribution in [3.05, 3.63) is 52.1 Å². The van der Waals surface area contributed by atoms with Crippen LogP contribution in [-0.2, 0) is 20.6 Å². The van der Waals surface area contributed by atoms with Crippen LogP contribution in [0.3, 0.4) is 0 Å². The monoisotopic (exact) mass is 462 g/mol. The Morgan fingerprint density at radius 2 is 2.11 bits per heavy atom. The first-order valence-corrected chi connectivity index (χ1v) is 12.5. The Hall–Kier alpha value is -1.13. The number of thioether (sulfide) groups is 1. The predicted octanol–water partition coefficient (Wildman–Crippen LogP) is 3.74. The molecule has 10 heteroatoms. The van der Waals surface area contributed by atoms with Crippen LogP contribution in [0, 0.1) is 5.82 Å². The maximum atomic E-state index is 13.6. The van der Waals surface area contributed by atoms with Crippen LogP contribution in [0.1, 0.15) is 18.4 Å². The summed E-state index contributed by atoms with van der Waals surface area (Å²) < 4.78 is 41.0. The molecule has 2 aromatic rings. The summed E-state index contributed by atoms with van der Waals surface area (Å²) in [5, 5.41) is 2.80. The molecular formula is C18H20ClFN2O3S3. The van der Waals surface area contributed by atoms with Crippen molar-refractivity contribution in [2.45, 2.75) is 28.8 Å². The summed E-state index contributed by atoms with van der Waals surface area (Å²) in [7, 11) is -3.73. The van der Waals surface area contributed by atoms with Gasteiger partial charge >= 0.3 is 0 Å². The van der Waals surface area contributed by atoms with Gasteiger partial charge in [0.15, 0.2) is 0 Å². The molecule has 0 bridgehead atoms. The van der Waals surface area contributed by atoms with Gasteiger partial charge in [0.05, 0.1) is 4.34 Å². The highest BCUT2D eigenvalue weighted by atomic mass is 35.5. The van der Waals surface area contributed by atoms with Crippen molar-refractivity contribution in [1.29, 1.82) is 0 Å². The van der Waals surface area contributed by atoms with Gasteiger partial charge < -0.3 is 5.32 Å². The molecule has 152 valence electrons. The maximum absolute atomic E-state index is 13.6. The van der Waals surface area contributed by atoms with E-state index in [-0.39, 0.29) is 15.9 Å². The van der Waals surface area contributed by atoms with Gasteiger partial charge in [0, 0.05) is 24.6 Å². The van der Waals surface area contributed by atoms with E-state index < -0.39 is 16.1 Å². The SMILES string of the molecule is O=C(NCCSCc1ccccc1F)[C@H]1CCCN1S(=O)(=O)c1ccc(Cl)s1. The van der Waals surface area contributed by atoms with Crippen LogP contribution < -0.4 is 5.32 Å². The number of rotatable bonds is 8. The molecule has 1 fully saturated rings. The van der Waals surface area contributed by atoms with Crippen LogP contribution in [0.2, 0.25) is 4.34 Å². The zero-order chi connectivity index (χ0) is 20.1. The first-order chi connectivity index (χ1) is 13.4. The van der Waals surface area contributed by atoms with Crippen molar-refractivity contribution in [3.63, 3.8) is 0 Å². The summed E-state index contributed by atoms with van der Waals surface area (Å²) in [6.07, 6.45) is 1.13. The standard InChI is InChI=1S/C18H20ClFN2O3S3/c19-16-7-8-17(27-16)28(24,25)22-10-3-6-15(22)18(23)21-9-11-26-12-13-4-1-2-5-14(13)20/h1-2,4-5,7-8,15H,3,6,9-12H2,(H,21,23)/t15-/m1/s1. The lowest BCUT2D eigenvalue weighted by Gasteiger charge is -2.22. The summed E-state index contributed by atoms with van der Waals surface area (Å²) in [6.45, 7) is 0.713. The average molecular weight is 463 g/mol. The van der Waals surface area contributed by atoms with Gasteiger partial charge in [0.25, 0.3) is 10.0 Å².